The number of carbonyl (C=O) groups excluding carboxylic acids is 1. The Morgan fingerprint density at radius 2 is 2.20 bits per heavy atom. The van der Waals surface area contributed by atoms with Gasteiger partial charge in [0.05, 0.1) is 19.3 Å². The average Bonchev–Trinajstić information content (AvgIpc) is 2.47. The molecule has 2 rings (SSSR count). The highest BCUT2D eigenvalue weighted by Gasteiger charge is 2.16. The van der Waals surface area contributed by atoms with Crippen LogP contribution in [-0.2, 0) is 9.53 Å². The highest BCUT2D eigenvalue weighted by molar-refractivity contribution is 5.81. The molecule has 0 aromatic heterocycles. The van der Waals surface area contributed by atoms with Crippen molar-refractivity contribution in [2.75, 3.05) is 32.2 Å². The molecule has 5 nitrogen and oxygen atoms in total. The number of carbonyl (C=O) groups is 1. The molecule has 1 aliphatic heterocycles. The number of rotatable bonds is 5. The van der Waals surface area contributed by atoms with Crippen molar-refractivity contribution in [2.24, 2.45) is 0 Å². The molecule has 6 heteroatoms. The largest absolute Gasteiger partial charge is 0.494 e. The number of anilines is 1. The first-order chi connectivity index (χ1) is 9.69. The zero-order valence-electron chi connectivity index (χ0n) is 11.4. The van der Waals surface area contributed by atoms with Crippen molar-refractivity contribution in [3.8, 4) is 5.75 Å². The molecule has 0 spiro atoms. The molecule has 110 valence electrons. The Morgan fingerprint density at radius 3 is 2.90 bits per heavy atom. The first-order valence-corrected chi connectivity index (χ1v) is 6.63. The number of nitrogens with one attached hydrogen (secondary N) is 2. The molecule has 1 aromatic rings. The van der Waals surface area contributed by atoms with Crippen LogP contribution in [0.5, 0.6) is 5.75 Å². The van der Waals surface area contributed by atoms with E-state index in [-0.39, 0.29) is 24.3 Å². The number of methoxy groups -OCH3 is 1. The zero-order chi connectivity index (χ0) is 14.4. The molecule has 1 aromatic carbocycles. The number of benzene rings is 1. The smallest absolute Gasteiger partial charge is 0.239 e. The van der Waals surface area contributed by atoms with Gasteiger partial charge in [-0.05, 0) is 25.0 Å². The van der Waals surface area contributed by atoms with E-state index in [0.29, 0.717) is 24.7 Å². The summed E-state index contributed by atoms with van der Waals surface area (Å²) in [5, 5.41) is 5.89. The van der Waals surface area contributed by atoms with Crippen molar-refractivity contribution < 1.29 is 18.7 Å². The van der Waals surface area contributed by atoms with Crippen molar-refractivity contribution in [3.63, 3.8) is 0 Å². The Kier molecular flexibility index (Phi) is 5.17. The van der Waals surface area contributed by atoms with E-state index in [0.717, 1.165) is 12.8 Å². The van der Waals surface area contributed by atoms with Crippen molar-refractivity contribution in [2.45, 2.75) is 18.9 Å². The topological polar surface area (TPSA) is 59.6 Å². The van der Waals surface area contributed by atoms with Crippen LogP contribution >= 0.6 is 0 Å². The Morgan fingerprint density at radius 1 is 1.45 bits per heavy atom. The molecule has 0 aliphatic carbocycles. The van der Waals surface area contributed by atoms with Gasteiger partial charge in [0.25, 0.3) is 0 Å². The van der Waals surface area contributed by atoms with E-state index >= 15 is 0 Å². The lowest BCUT2D eigenvalue weighted by atomic mass is 10.1. The average molecular weight is 282 g/mol. The van der Waals surface area contributed by atoms with Crippen LogP contribution in [0.25, 0.3) is 0 Å². The Labute approximate surface area is 117 Å². The number of hydrogen-bond acceptors (Lipinski definition) is 4. The normalized spacial score (nSPS) is 15.7. The predicted molar refractivity (Wildman–Crippen MR) is 73.4 cm³/mol. The summed E-state index contributed by atoms with van der Waals surface area (Å²) in [5.74, 6) is -0.0915. The maximum Gasteiger partial charge on any atom is 0.239 e. The lowest BCUT2D eigenvalue weighted by molar-refractivity contribution is -0.120. The van der Waals surface area contributed by atoms with Crippen molar-refractivity contribution >= 4 is 11.6 Å². The maximum atomic E-state index is 13.0. The molecule has 20 heavy (non-hydrogen) atoms. The van der Waals surface area contributed by atoms with Crippen LogP contribution in [0.3, 0.4) is 0 Å². The summed E-state index contributed by atoms with van der Waals surface area (Å²) in [4.78, 5) is 11.8. The molecular formula is C14H19FN2O3. The SMILES string of the molecule is COc1cc(F)ccc1NCC(=O)NC1CCOCC1. The molecule has 0 atom stereocenters. The van der Waals surface area contributed by atoms with E-state index in [9.17, 15) is 9.18 Å². The Bertz CT molecular complexity index is 462. The van der Waals surface area contributed by atoms with E-state index in [1.54, 1.807) is 6.07 Å². The number of amides is 1. The van der Waals surface area contributed by atoms with E-state index in [1.807, 2.05) is 0 Å². The van der Waals surface area contributed by atoms with Gasteiger partial charge in [0.1, 0.15) is 11.6 Å². The van der Waals surface area contributed by atoms with Crippen LogP contribution < -0.4 is 15.4 Å². The lowest BCUT2D eigenvalue weighted by Gasteiger charge is -2.23. The third-order valence-corrected chi connectivity index (χ3v) is 3.19. The molecule has 1 fully saturated rings. The highest BCUT2D eigenvalue weighted by Crippen LogP contribution is 2.24. The highest BCUT2D eigenvalue weighted by atomic mass is 19.1. The molecule has 1 heterocycles. The maximum absolute atomic E-state index is 13.0. The number of hydrogen-bond donors (Lipinski definition) is 2. The summed E-state index contributed by atoms with van der Waals surface area (Å²) in [6.07, 6.45) is 1.68. The van der Waals surface area contributed by atoms with E-state index < -0.39 is 0 Å². The Hall–Kier alpha value is -1.82. The van der Waals surface area contributed by atoms with Gasteiger partial charge in [-0.1, -0.05) is 0 Å². The summed E-state index contributed by atoms with van der Waals surface area (Å²) in [6.45, 7) is 1.49. The first kappa shape index (κ1) is 14.6. The summed E-state index contributed by atoms with van der Waals surface area (Å²) < 4.78 is 23.3. The second-order valence-corrected chi connectivity index (χ2v) is 4.65. The fourth-order valence-electron chi connectivity index (χ4n) is 2.11. The number of halogens is 1. The van der Waals surface area contributed by atoms with Crippen molar-refractivity contribution in [1.82, 2.24) is 5.32 Å². The molecule has 1 aliphatic rings. The van der Waals surface area contributed by atoms with Gasteiger partial charge in [-0.2, -0.15) is 0 Å². The van der Waals surface area contributed by atoms with Gasteiger partial charge in [0, 0.05) is 25.3 Å². The van der Waals surface area contributed by atoms with Crippen LogP contribution in [0.15, 0.2) is 18.2 Å². The standard InChI is InChI=1S/C14H19FN2O3/c1-19-13-8-10(15)2-3-12(13)16-9-14(18)17-11-4-6-20-7-5-11/h2-3,8,11,16H,4-7,9H2,1H3,(H,17,18). The molecule has 0 bridgehead atoms. The van der Waals surface area contributed by atoms with Crippen LogP contribution in [0.4, 0.5) is 10.1 Å². The quantitative estimate of drug-likeness (QED) is 0.860. The van der Waals surface area contributed by atoms with Crippen LogP contribution in [-0.4, -0.2) is 38.8 Å². The predicted octanol–water partition coefficient (Wildman–Crippen LogP) is 1.54. The third kappa shape index (κ3) is 4.09. The number of ether oxygens (including phenoxy) is 2. The molecular weight excluding hydrogens is 263 g/mol. The van der Waals surface area contributed by atoms with Gasteiger partial charge in [0.2, 0.25) is 5.91 Å². The van der Waals surface area contributed by atoms with Crippen LogP contribution in [0, 0.1) is 5.82 Å². The molecule has 0 radical (unpaired) electrons. The molecule has 1 saturated heterocycles. The minimum absolute atomic E-state index is 0.0942. The summed E-state index contributed by atoms with van der Waals surface area (Å²) in [6, 6.07) is 4.32. The summed E-state index contributed by atoms with van der Waals surface area (Å²) in [5.41, 5.74) is 0.594. The fourth-order valence-corrected chi connectivity index (χ4v) is 2.11. The zero-order valence-corrected chi connectivity index (χ0v) is 11.4. The van der Waals surface area contributed by atoms with Crippen LogP contribution in [0.2, 0.25) is 0 Å². The molecule has 0 saturated carbocycles. The van der Waals surface area contributed by atoms with E-state index in [4.69, 9.17) is 9.47 Å². The summed E-state index contributed by atoms with van der Waals surface area (Å²) in [7, 11) is 1.46. The van der Waals surface area contributed by atoms with E-state index in [2.05, 4.69) is 10.6 Å². The molecule has 2 N–H and O–H groups in total. The minimum Gasteiger partial charge on any atom is -0.494 e. The van der Waals surface area contributed by atoms with Gasteiger partial charge in [-0.3, -0.25) is 4.79 Å². The minimum atomic E-state index is -0.376. The van der Waals surface area contributed by atoms with Gasteiger partial charge >= 0.3 is 0 Å². The van der Waals surface area contributed by atoms with Crippen LogP contribution in [0.1, 0.15) is 12.8 Å². The fraction of sp³-hybridized carbons (Fsp3) is 0.500. The van der Waals surface area contributed by atoms with Crippen molar-refractivity contribution in [3.05, 3.63) is 24.0 Å². The second kappa shape index (κ2) is 7.09. The molecule has 0 unspecified atom stereocenters. The van der Waals surface area contributed by atoms with Gasteiger partial charge in [0.15, 0.2) is 0 Å². The van der Waals surface area contributed by atoms with Gasteiger partial charge in [-0.25, -0.2) is 4.39 Å². The van der Waals surface area contributed by atoms with E-state index in [1.165, 1.54) is 19.2 Å². The first-order valence-electron chi connectivity index (χ1n) is 6.63. The lowest BCUT2D eigenvalue weighted by Crippen LogP contribution is -2.41. The third-order valence-electron chi connectivity index (χ3n) is 3.19. The second-order valence-electron chi connectivity index (χ2n) is 4.65. The summed E-state index contributed by atoms with van der Waals surface area (Å²) >= 11 is 0. The van der Waals surface area contributed by atoms with Crippen molar-refractivity contribution in [1.29, 1.82) is 0 Å². The van der Waals surface area contributed by atoms with Gasteiger partial charge < -0.3 is 20.1 Å². The monoisotopic (exact) mass is 282 g/mol. The molecule has 1 amide bonds. The van der Waals surface area contributed by atoms with Gasteiger partial charge in [-0.15, -0.1) is 0 Å². The Balaban J connectivity index is 1.83.